The van der Waals surface area contributed by atoms with Crippen molar-refractivity contribution in [3.8, 4) is 0 Å². The van der Waals surface area contributed by atoms with Gasteiger partial charge in [-0.05, 0) is 24.0 Å². The highest BCUT2D eigenvalue weighted by Gasteiger charge is 2.39. The van der Waals surface area contributed by atoms with Crippen LogP contribution in [0.5, 0.6) is 0 Å². The zero-order valence-corrected chi connectivity index (χ0v) is 13.0. The maximum Gasteiger partial charge on any atom is 0.227 e. The molecule has 1 aromatic carbocycles. The number of carbonyl (C=O) groups is 1. The molecule has 0 spiro atoms. The van der Waals surface area contributed by atoms with Crippen LogP contribution in [0.15, 0.2) is 24.3 Å². The first kappa shape index (κ1) is 16.0. The SMILES string of the molecule is CCc1ccccc1CC(=O)N1CC[C@](CO)(COC)C1. The molecular formula is C17H25NO3. The van der Waals surface area contributed by atoms with E-state index in [1.54, 1.807) is 7.11 Å². The summed E-state index contributed by atoms with van der Waals surface area (Å²) in [7, 11) is 1.64. The molecule has 1 N–H and O–H groups in total. The van der Waals surface area contributed by atoms with E-state index in [9.17, 15) is 9.90 Å². The Morgan fingerprint density at radius 2 is 2.10 bits per heavy atom. The number of hydrogen-bond acceptors (Lipinski definition) is 3. The molecule has 0 radical (unpaired) electrons. The van der Waals surface area contributed by atoms with Crippen LogP contribution in [0.3, 0.4) is 0 Å². The van der Waals surface area contributed by atoms with E-state index in [4.69, 9.17) is 4.74 Å². The Morgan fingerprint density at radius 1 is 1.38 bits per heavy atom. The summed E-state index contributed by atoms with van der Waals surface area (Å²) in [4.78, 5) is 14.4. The van der Waals surface area contributed by atoms with Crippen LogP contribution in [0.4, 0.5) is 0 Å². The second kappa shape index (κ2) is 7.05. The van der Waals surface area contributed by atoms with Gasteiger partial charge in [0.15, 0.2) is 0 Å². The van der Waals surface area contributed by atoms with Crippen molar-refractivity contribution in [3.05, 3.63) is 35.4 Å². The van der Waals surface area contributed by atoms with Gasteiger partial charge in [0.05, 0.1) is 19.6 Å². The Bertz CT molecular complexity index is 489. The van der Waals surface area contributed by atoms with E-state index in [1.807, 2.05) is 23.1 Å². The number of aliphatic hydroxyl groups excluding tert-OH is 1. The van der Waals surface area contributed by atoms with Gasteiger partial charge in [0.25, 0.3) is 0 Å². The summed E-state index contributed by atoms with van der Waals surface area (Å²) in [6, 6.07) is 8.10. The summed E-state index contributed by atoms with van der Waals surface area (Å²) in [6.45, 7) is 3.96. The van der Waals surface area contributed by atoms with E-state index in [-0.39, 0.29) is 17.9 Å². The number of aliphatic hydroxyl groups is 1. The Balaban J connectivity index is 2.02. The van der Waals surface area contributed by atoms with E-state index in [0.29, 0.717) is 26.1 Å². The molecule has 0 saturated carbocycles. The molecule has 0 unspecified atom stereocenters. The fourth-order valence-electron chi connectivity index (χ4n) is 3.10. The van der Waals surface area contributed by atoms with Crippen molar-refractivity contribution >= 4 is 5.91 Å². The van der Waals surface area contributed by atoms with Crippen LogP contribution in [0.2, 0.25) is 0 Å². The third kappa shape index (κ3) is 3.63. The minimum Gasteiger partial charge on any atom is -0.396 e. The summed E-state index contributed by atoms with van der Waals surface area (Å²) in [5.74, 6) is 0.141. The second-order valence-corrected chi connectivity index (χ2v) is 5.96. The van der Waals surface area contributed by atoms with E-state index in [2.05, 4.69) is 13.0 Å². The number of aryl methyl sites for hydroxylation is 1. The second-order valence-electron chi connectivity index (χ2n) is 5.96. The smallest absolute Gasteiger partial charge is 0.227 e. The molecule has 4 heteroatoms. The molecule has 1 fully saturated rings. The van der Waals surface area contributed by atoms with E-state index < -0.39 is 0 Å². The van der Waals surface area contributed by atoms with Crippen LogP contribution in [0.25, 0.3) is 0 Å². The molecule has 116 valence electrons. The van der Waals surface area contributed by atoms with Crippen molar-refractivity contribution in [2.75, 3.05) is 33.4 Å². The van der Waals surface area contributed by atoms with Crippen molar-refractivity contribution < 1.29 is 14.6 Å². The predicted octanol–water partition coefficient (Wildman–Crippen LogP) is 1.65. The minimum absolute atomic E-state index is 0.0656. The molecule has 1 aliphatic rings. The van der Waals surface area contributed by atoms with Crippen molar-refractivity contribution in [2.45, 2.75) is 26.2 Å². The van der Waals surface area contributed by atoms with Gasteiger partial charge in [-0.2, -0.15) is 0 Å². The van der Waals surface area contributed by atoms with Gasteiger partial charge in [-0.1, -0.05) is 31.2 Å². The molecule has 0 bridgehead atoms. The number of hydrogen-bond donors (Lipinski definition) is 1. The maximum atomic E-state index is 12.5. The highest BCUT2D eigenvalue weighted by molar-refractivity contribution is 5.79. The molecule has 1 saturated heterocycles. The van der Waals surface area contributed by atoms with Crippen LogP contribution in [0, 0.1) is 5.41 Å². The third-order valence-electron chi connectivity index (χ3n) is 4.42. The molecule has 2 rings (SSSR count). The largest absolute Gasteiger partial charge is 0.396 e. The molecule has 1 heterocycles. The van der Waals surface area contributed by atoms with Crippen molar-refractivity contribution in [1.82, 2.24) is 4.90 Å². The highest BCUT2D eigenvalue weighted by Crippen LogP contribution is 2.30. The van der Waals surface area contributed by atoms with Crippen molar-refractivity contribution in [2.24, 2.45) is 5.41 Å². The van der Waals surface area contributed by atoms with Gasteiger partial charge >= 0.3 is 0 Å². The Kier molecular flexibility index (Phi) is 5.37. The average molecular weight is 291 g/mol. The summed E-state index contributed by atoms with van der Waals surface area (Å²) in [6.07, 6.45) is 2.19. The monoisotopic (exact) mass is 291 g/mol. The molecule has 1 aromatic rings. The zero-order valence-electron chi connectivity index (χ0n) is 13.0. The van der Waals surface area contributed by atoms with Crippen molar-refractivity contribution in [3.63, 3.8) is 0 Å². The van der Waals surface area contributed by atoms with Crippen LogP contribution < -0.4 is 0 Å². The quantitative estimate of drug-likeness (QED) is 0.867. The topological polar surface area (TPSA) is 49.8 Å². The maximum absolute atomic E-state index is 12.5. The summed E-state index contributed by atoms with van der Waals surface area (Å²) in [5.41, 5.74) is 2.06. The molecule has 0 aromatic heterocycles. The van der Waals surface area contributed by atoms with Gasteiger partial charge in [0, 0.05) is 25.6 Å². The Hall–Kier alpha value is -1.39. The van der Waals surface area contributed by atoms with Crippen molar-refractivity contribution in [1.29, 1.82) is 0 Å². The summed E-state index contributed by atoms with van der Waals surface area (Å²) >= 11 is 0. The van der Waals surface area contributed by atoms with Crippen LogP contribution >= 0.6 is 0 Å². The number of ether oxygens (including phenoxy) is 1. The normalized spacial score (nSPS) is 21.8. The Labute approximate surface area is 126 Å². The number of nitrogens with zero attached hydrogens (tertiary/aromatic N) is 1. The van der Waals surface area contributed by atoms with Gasteiger partial charge in [0.2, 0.25) is 5.91 Å². The molecule has 21 heavy (non-hydrogen) atoms. The lowest BCUT2D eigenvalue weighted by molar-refractivity contribution is -0.130. The Morgan fingerprint density at radius 3 is 2.71 bits per heavy atom. The first-order chi connectivity index (χ1) is 10.1. The highest BCUT2D eigenvalue weighted by atomic mass is 16.5. The average Bonchev–Trinajstić information content (AvgIpc) is 2.93. The molecule has 0 aliphatic carbocycles. The summed E-state index contributed by atoms with van der Waals surface area (Å²) < 4.78 is 5.20. The third-order valence-corrected chi connectivity index (χ3v) is 4.42. The number of carbonyl (C=O) groups excluding carboxylic acids is 1. The van der Waals surface area contributed by atoms with Crippen LogP contribution in [-0.4, -0.2) is 49.3 Å². The standard InChI is InChI=1S/C17H25NO3/c1-3-14-6-4-5-7-15(14)10-16(20)18-9-8-17(11-18,12-19)13-21-2/h4-7,19H,3,8-13H2,1-2H3/t17-/m0/s1. The zero-order chi connectivity index (χ0) is 15.3. The van der Waals surface area contributed by atoms with E-state index >= 15 is 0 Å². The van der Waals surface area contributed by atoms with E-state index in [0.717, 1.165) is 18.4 Å². The molecule has 1 aliphatic heterocycles. The fourth-order valence-corrected chi connectivity index (χ4v) is 3.10. The number of methoxy groups -OCH3 is 1. The van der Waals surface area contributed by atoms with E-state index in [1.165, 1.54) is 5.56 Å². The number of rotatable bonds is 6. The lowest BCUT2D eigenvalue weighted by atomic mass is 9.89. The molecule has 1 amide bonds. The minimum atomic E-state index is -0.283. The van der Waals surface area contributed by atoms with Gasteiger partial charge in [-0.25, -0.2) is 0 Å². The fraction of sp³-hybridized carbons (Fsp3) is 0.588. The summed E-state index contributed by atoms with van der Waals surface area (Å²) in [5, 5.41) is 9.60. The number of benzene rings is 1. The van der Waals surface area contributed by atoms with Gasteiger partial charge < -0.3 is 14.7 Å². The molecular weight excluding hydrogens is 266 g/mol. The van der Waals surface area contributed by atoms with Crippen LogP contribution in [0.1, 0.15) is 24.5 Å². The van der Waals surface area contributed by atoms with Gasteiger partial charge in [-0.3, -0.25) is 4.79 Å². The molecule has 1 atom stereocenters. The number of likely N-dealkylation sites (tertiary alicyclic amines) is 1. The lowest BCUT2D eigenvalue weighted by Crippen LogP contribution is -2.37. The number of amides is 1. The first-order valence-electron chi connectivity index (χ1n) is 7.58. The predicted molar refractivity (Wildman–Crippen MR) is 82.1 cm³/mol. The lowest BCUT2D eigenvalue weighted by Gasteiger charge is -2.26. The van der Waals surface area contributed by atoms with Gasteiger partial charge in [0.1, 0.15) is 0 Å². The first-order valence-corrected chi connectivity index (χ1v) is 7.58. The van der Waals surface area contributed by atoms with Crippen LogP contribution in [-0.2, 0) is 22.4 Å². The van der Waals surface area contributed by atoms with Gasteiger partial charge in [-0.15, -0.1) is 0 Å². The molecule has 4 nitrogen and oxygen atoms in total.